The quantitative estimate of drug-likeness (QED) is 0.401. The highest BCUT2D eigenvalue weighted by molar-refractivity contribution is 7.92. The van der Waals surface area contributed by atoms with Gasteiger partial charge in [0.1, 0.15) is 0 Å². The van der Waals surface area contributed by atoms with Crippen LogP contribution >= 0.6 is 0 Å². The maximum Gasteiger partial charge on any atom is 0.490 e. The number of halogens is 3. The van der Waals surface area contributed by atoms with Crippen molar-refractivity contribution < 1.29 is 41.0 Å². The minimum absolute atomic E-state index is 0.0259. The summed E-state index contributed by atoms with van der Waals surface area (Å²) in [6, 6.07) is 14.0. The lowest BCUT2D eigenvalue weighted by atomic mass is 9.95. The van der Waals surface area contributed by atoms with Crippen molar-refractivity contribution in [2.24, 2.45) is 0 Å². The summed E-state index contributed by atoms with van der Waals surface area (Å²) in [5.41, 5.74) is 1.99. The molecule has 0 bridgehead atoms. The number of alkyl halides is 3. The predicted molar refractivity (Wildman–Crippen MR) is 127 cm³/mol. The van der Waals surface area contributed by atoms with Gasteiger partial charge in [0, 0.05) is 25.9 Å². The third-order valence-corrected chi connectivity index (χ3v) is 6.97. The molecule has 0 radical (unpaired) electrons. The number of hydrogen-bond acceptors (Lipinski definition) is 5. The molecule has 3 N–H and O–H groups in total. The molecule has 0 atom stereocenters. The Morgan fingerprint density at radius 3 is 2.06 bits per heavy atom. The molecule has 2 aromatic rings. The molecule has 2 aromatic carbocycles. The van der Waals surface area contributed by atoms with Crippen molar-refractivity contribution in [3.63, 3.8) is 0 Å². The number of carbonyl (C=O) groups excluding carboxylic acids is 1. The third-order valence-electron chi connectivity index (χ3n) is 5.57. The van der Waals surface area contributed by atoms with E-state index in [4.69, 9.17) is 14.6 Å². The highest BCUT2D eigenvalue weighted by Crippen LogP contribution is 2.48. The minimum Gasteiger partial charge on any atom is -0.475 e. The Hall–Kier alpha value is -3.12. The van der Waals surface area contributed by atoms with Crippen LogP contribution in [0.2, 0.25) is 0 Å². The first-order valence-corrected chi connectivity index (χ1v) is 12.6. The number of carboxylic acid groups (broad SMARTS) is 1. The van der Waals surface area contributed by atoms with E-state index in [1.807, 2.05) is 31.2 Å². The standard InChI is InChI=1S/C22H28N2O4S.C2HF3O2/c1-3-17-5-11-20(12-6-17)29(26,27)24-19-9-7-18(8-10-19)22(13-14-22)21(25)23-15-4-16-28-2;3-2(4,5)1(6)7/h5-12,24H,3-4,13-16H2,1-2H3,(H,23,25);(H,6,7). The molecule has 0 spiro atoms. The molecule has 1 aliphatic carbocycles. The molecule has 3 rings (SSSR count). The van der Waals surface area contributed by atoms with Gasteiger partial charge in [-0.25, -0.2) is 13.2 Å². The van der Waals surface area contributed by atoms with E-state index in [0.717, 1.165) is 36.8 Å². The van der Waals surface area contributed by atoms with Crippen molar-refractivity contribution in [1.82, 2.24) is 5.32 Å². The van der Waals surface area contributed by atoms with Gasteiger partial charge in [-0.05, 0) is 61.1 Å². The number of methoxy groups -OCH3 is 1. The molecular weight excluding hydrogens is 501 g/mol. The van der Waals surface area contributed by atoms with Crippen LogP contribution in [-0.4, -0.2) is 51.8 Å². The molecular formula is C24H29F3N2O6S. The Morgan fingerprint density at radius 2 is 1.61 bits per heavy atom. The molecule has 0 heterocycles. The normalized spacial score (nSPS) is 14.2. The molecule has 1 saturated carbocycles. The van der Waals surface area contributed by atoms with Crippen LogP contribution in [0.3, 0.4) is 0 Å². The minimum atomic E-state index is -5.08. The summed E-state index contributed by atoms with van der Waals surface area (Å²) in [4.78, 5) is 21.7. The number of carboxylic acids is 1. The predicted octanol–water partition coefficient (Wildman–Crippen LogP) is 3.87. The molecule has 1 aliphatic rings. The summed E-state index contributed by atoms with van der Waals surface area (Å²) in [6.07, 6.45) is -1.84. The second kappa shape index (κ2) is 12.2. The second-order valence-electron chi connectivity index (χ2n) is 8.17. The summed E-state index contributed by atoms with van der Waals surface area (Å²) in [5.74, 6) is -2.73. The van der Waals surface area contributed by atoms with Crippen LogP contribution in [0.1, 0.15) is 37.3 Å². The Labute approximate surface area is 207 Å². The molecule has 0 aliphatic heterocycles. The summed E-state index contributed by atoms with van der Waals surface area (Å²) in [5, 5.41) is 10.1. The lowest BCUT2D eigenvalue weighted by molar-refractivity contribution is -0.192. The van der Waals surface area contributed by atoms with Gasteiger partial charge in [-0.3, -0.25) is 9.52 Å². The number of hydrogen-bond donors (Lipinski definition) is 3. The van der Waals surface area contributed by atoms with E-state index in [1.54, 1.807) is 31.4 Å². The van der Waals surface area contributed by atoms with Crippen LogP contribution in [0.15, 0.2) is 53.4 Å². The van der Waals surface area contributed by atoms with Crippen LogP contribution in [0, 0.1) is 0 Å². The van der Waals surface area contributed by atoms with Gasteiger partial charge in [-0.2, -0.15) is 13.2 Å². The number of aryl methyl sites for hydroxylation is 1. The fraction of sp³-hybridized carbons (Fsp3) is 0.417. The zero-order valence-electron chi connectivity index (χ0n) is 19.9. The lowest BCUT2D eigenvalue weighted by Crippen LogP contribution is -2.35. The molecule has 12 heteroatoms. The van der Waals surface area contributed by atoms with Gasteiger partial charge in [0.25, 0.3) is 10.0 Å². The van der Waals surface area contributed by atoms with Crippen molar-refractivity contribution in [3.8, 4) is 0 Å². The number of benzene rings is 2. The highest BCUT2D eigenvalue weighted by atomic mass is 32.2. The van der Waals surface area contributed by atoms with Gasteiger partial charge in [-0.15, -0.1) is 0 Å². The number of anilines is 1. The molecule has 36 heavy (non-hydrogen) atoms. The summed E-state index contributed by atoms with van der Waals surface area (Å²) in [7, 11) is -2.01. The van der Waals surface area contributed by atoms with Crippen molar-refractivity contribution >= 4 is 27.6 Å². The topological polar surface area (TPSA) is 122 Å². The maximum absolute atomic E-state index is 12.6. The Morgan fingerprint density at radius 1 is 1.06 bits per heavy atom. The summed E-state index contributed by atoms with van der Waals surface area (Å²) < 4.78 is 64.5. The van der Waals surface area contributed by atoms with Gasteiger partial charge >= 0.3 is 12.1 Å². The first-order valence-electron chi connectivity index (χ1n) is 11.2. The van der Waals surface area contributed by atoms with Crippen LogP contribution in [0.5, 0.6) is 0 Å². The van der Waals surface area contributed by atoms with E-state index < -0.39 is 27.6 Å². The molecule has 0 saturated heterocycles. The Balaban J connectivity index is 0.000000572. The number of carbonyl (C=O) groups is 2. The van der Waals surface area contributed by atoms with Gasteiger partial charge in [0.05, 0.1) is 10.3 Å². The second-order valence-corrected chi connectivity index (χ2v) is 9.85. The van der Waals surface area contributed by atoms with E-state index in [1.165, 1.54) is 0 Å². The first-order chi connectivity index (χ1) is 16.9. The molecule has 1 fully saturated rings. The maximum atomic E-state index is 12.6. The fourth-order valence-electron chi connectivity index (χ4n) is 3.34. The van der Waals surface area contributed by atoms with Crippen molar-refractivity contribution in [3.05, 3.63) is 59.7 Å². The number of ether oxygens (including phenoxy) is 1. The number of rotatable bonds is 10. The smallest absolute Gasteiger partial charge is 0.475 e. The van der Waals surface area contributed by atoms with E-state index in [9.17, 15) is 26.4 Å². The summed E-state index contributed by atoms with van der Waals surface area (Å²) in [6.45, 7) is 3.22. The number of sulfonamides is 1. The molecule has 0 aromatic heterocycles. The largest absolute Gasteiger partial charge is 0.490 e. The van der Waals surface area contributed by atoms with E-state index >= 15 is 0 Å². The van der Waals surface area contributed by atoms with Crippen LogP contribution in [0.4, 0.5) is 18.9 Å². The monoisotopic (exact) mass is 530 g/mol. The van der Waals surface area contributed by atoms with E-state index in [0.29, 0.717) is 18.8 Å². The number of amides is 1. The average Bonchev–Trinajstić information content (AvgIpc) is 3.64. The number of nitrogens with one attached hydrogen (secondary N) is 2. The molecule has 1 amide bonds. The Bertz CT molecular complexity index is 1130. The zero-order chi connectivity index (χ0) is 27.0. The van der Waals surface area contributed by atoms with E-state index in [2.05, 4.69) is 10.0 Å². The van der Waals surface area contributed by atoms with Gasteiger partial charge < -0.3 is 15.2 Å². The van der Waals surface area contributed by atoms with Crippen LogP contribution in [-0.2, 0) is 36.2 Å². The first kappa shape index (κ1) is 29.1. The lowest BCUT2D eigenvalue weighted by Gasteiger charge is -2.16. The molecule has 198 valence electrons. The highest BCUT2D eigenvalue weighted by Gasteiger charge is 2.51. The van der Waals surface area contributed by atoms with Gasteiger partial charge in [-0.1, -0.05) is 31.2 Å². The molecule has 0 unspecified atom stereocenters. The fourth-order valence-corrected chi connectivity index (χ4v) is 4.39. The third kappa shape index (κ3) is 7.95. The van der Waals surface area contributed by atoms with Crippen molar-refractivity contribution in [1.29, 1.82) is 0 Å². The average molecular weight is 531 g/mol. The van der Waals surface area contributed by atoms with Crippen LogP contribution < -0.4 is 10.0 Å². The molecule has 8 nitrogen and oxygen atoms in total. The van der Waals surface area contributed by atoms with Gasteiger partial charge in [0.2, 0.25) is 5.91 Å². The van der Waals surface area contributed by atoms with Crippen molar-refractivity contribution in [2.75, 3.05) is 25.0 Å². The summed E-state index contributed by atoms with van der Waals surface area (Å²) >= 11 is 0. The van der Waals surface area contributed by atoms with Crippen molar-refractivity contribution in [2.45, 2.75) is 49.1 Å². The SMILES string of the molecule is CCc1ccc(S(=O)(=O)Nc2ccc(C3(C(=O)NCCCOC)CC3)cc2)cc1.O=C(O)C(F)(F)F. The number of aliphatic carboxylic acids is 1. The zero-order valence-corrected chi connectivity index (χ0v) is 20.7. The van der Waals surface area contributed by atoms with Crippen LogP contribution in [0.25, 0.3) is 0 Å². The Kier molecular flexibility index (Phi) is 9.88. The van der Waals surface area contributed by atoms with E-state index in [-0.39, 0.29) is 10.8 Å². The van der Waals surface area contributed by atoms with Gasteiger partial charge in [0.15, 0.2) is 0 Å².